The second-order valence-corrected chi connectivity index (χ2v) is 5.39. The van der Waals surface area contributed by atoms with Crippen LogP contribution in [0.1, 0.15) is 36.1 Å². The fourth-order valence-electron chi connectivity index (χ4n) is 2.14. The zero-order valence-electron chi connectivity index (χ0n) is 10.9. The summed E-state index contributed by atoms with van der Waals surface area (Å²) in [4.78, 5) is 0. The molecule has 0 atom stereocenters. The molecular weight excluding hydrogens is 218 g/mol. The topological polar surface area (TPSA) is 12.0 Å². The van der Waals surface area contributed by atoms with E-state index in [9.17, 15) is 0 Å². The number of aryl methyl sites for hydroxylation is 1. The molecule has 0 heterocycles. The first-order valence-corrected chi connectivity index (χ1v) is 6.27. The number of alkyl halides is 1. The average Bonchev–Trinajstić information content (AvgIpc) is 2.23. The molecule has 0 fully saturated rings. The Labute approximate surface area is 104 Å². The largest absolute Gasteiger partial charge is 0.303 e. The Morgan fingerprint density at radius 2 is 1.75 bits per heavy atom. The summed E-state index contributed by atoms with van der Waals surface area (Å²) >= 11 is 5.68. The van der Waals surface area contributed by atoms with E-state index in [1.807, 2.05) is 0 Å². The van der Waals surface area contributed by atoms with Gasteiger partial charge in [0.15, 0.2) is 0 Å². The van der Waals surface area contributed by atoms with Crippen LogP contribution in [0, 0.1) is 20.8 Å². The molecule has 0 aliphatic carbocycles. The molecule has 0 amide bonds. The van der Waals surface area contributed by atoms with Gasteiger partial charge in [0.1, 0.15) is 0 Å². The highest BCUT2D eigenvalue weighted by atomic mass is 35.5. The van der Waals surface area contributed by atoms with Crippen LogP contribution in [0.2, 0.25) is 0 Å². The van der Waals surface area contributed by atoms with Gasteiger partial charge in [0.25, 0.3) is 0 Å². The van der Waals surface area contributed by atoms with Gasteiger partial charge < -0.3 is 5.32 Å². The average molecular weight is 240 g/mol. The van der Waals surface area contributed by atoms with Gasteiger partial charge in [0.2, 0.25) is 0 Å². The van der Waals surface area contributed by atoms with Gasteiger partial charge in [-0.3, -0.25) is 0 Å². The standard InChI is InChI=1S/C14H22ClN/c1-10-6-7-13(12(3)11(10)2)14(4,5)8-16-9-15/h6-7,16H,8-9H2,1-5H3. The SMILES string of the molecule is Cc1ccc(C(C)(C)CNCCl)c(C)c1C. The van der Waals surface area contributed by atoms with Gasteiger partial charge in [-0.05, 0) is 43.0 Å². The molecule has 0 saturated heterocycles. The van der Waals surface area contributed by atoms with Crippen molar-refractivity contribution in [2.24, 2.45) is 0 Å². The van der Waals surface area contributed by atoms with E-state index in [0.29, 0.717) is 6.00 Å². The van der Waals surface area contributed by atoms with E-state index in [1.54, 1.807) is 0 Å². The van der Waals surface area contributed by atoms with Gasteiger partial charge in [-0.2, -0.15) is 0 Å². The van der Waals surface area contributed by atoms with Crippen molar-refractivity contribution >= 4 is 11.6 Å². The summed E-state index contributed by atoms with van der Waals surface area (Å²) in [5.41, 5.74) is 5.70. The van der Waals surface area contributed by atoms with Crippen LogP contribution < -0.4 is 5.32 Å². The highest BCUT2D eigenvalue weighted by molar-refractivity contribution is 6.17. The molecule has 0 spiro atoms. The van der Waals surface area contributed by atoms with Gasteiger partial charge in [0, 0.05) is 12.0 Å². The van der Waals surface area contributed by atoms with E-state index in [1.165, 1.54) is 22.3 Å². The molecule has 2 heteroatoms. The minimum atomic E-state index is 0.122. The molecule has 0 aliphatic rings. The van der Waals surface area contributed by atoms with Crippen molar-refractivity contribution in [2.75, 3.05) is 12.5 Å². The molecule has 0 aliphatic heterocycles. The third-order valence-electron chi connectivity index (χ3n) is 3.45. The van der Waals surface area contributed by atoms with Crippen LogP contribution in [0.3, 0.4) is 0 Å². The zero-order chi connectivity index (χ0) is 12.3. The first-order valence-electron chi connectivity index (χ1n) is 5.74. The van der Waals surface area contributed by atoms with Crippen LogP contribution in [-0.4, -0.2) is 12.5 Å². The summed E-state index contributed by atoms with van der Waals surface area (Å²) in [6.45, 7) is 12.0. The van der Waals surface area contributed by atoms with Crippen LogP contribution >= 0.6 is 11.6 Å². The van der Waals surface area contributed by atoms with Gasteiger partial charge in [-0.15, -0.1) is 11.6 Å². The molecule has 16 heavy (non-hydrogen) atoms. The predicted molar refractivity (Wildman–Crippen MR) is 72.4 cm³/mol. The summed E-state index contributed by atoms with van der Waals surface area (Å²) in [6, 6.07) is 4.96. The molecule has 0 unspecified atom stereocenters. The molecule has 1 aromatic carbocycles. The summed E-state index contributed by atoms with van der Waals surface area (Å²) in [6.07, 6.45) is 0. The Morgan fingerprint density at radius 1 is 1.12 bits per heavy atom. The van der Waals surface area contributed by atoms with Crippen LogP contribution in [0.25, 0.3) is 0 Å². The summed E-state index contributed by atoms with van der Waals surface area (Å²) in [5, 5.41) is 3.21. The molecule has 0 saturated carbocycles. The van der Waals surface area contributed by atoms with Crippen molar-refractivity contribution < 1.29 is 0 Å². The van der Waals surface area contributed by atoms with Gasteiger partial charge in [-0.25, -0.2) is 0 Å². The number of halogens is 1. The number of hydrogen-bond acceptors (Lipinski definition) is 1. The fourth-order valence-corrected chi connectivity index (χ4v) is 2.24. The molecule has 1 nitrogen and oxygen atoms in total. The monoisotopic (exact) mass is 239 g/mol. The van der Waals surface area contributed by atoms with E-state index in [2.05, 4.69) is 52.1 Å². The van der Waals surface area contributed by atoms with Gasteiger partial charge in [-0.1, -0.05) is 26.0 Å². The maximum atomic E-state index is 5.68. The lowest BCUT2D eigenvalue weighted by Gasteiger charge is -2.28. The van der Waals surface area contributed by atoms with E-state index >= 15 is 0 Å². The number of hydrogen-bond donors (Lipinski definition) is 1. The quantitative estimate of drug-likeness (QED) is 0.625. The van der Waals surface area contributed by atoms with E-state index < -0.39 is 0 Å². The van der Waals surface area contributed by atoms with Crippen molar-refractivity contribution in [1.29, 1.82) is 0 Å². The first-order chi connectivity index (χ1) is 7.40. The minimum Gasteiger partial charge on any atom is -0.303 e. The number of nitrogens with one attached hydrogen (secondary N) is 1. The molecule has 0 bridgehead atoms. The summed E-state index contributed by atoms with van der Waals surface area (Å²) < 4.78 is 0. The van der Waals surface area contributed by atoms with E-state index in [4.69, 9.17) is 11.6 Å². The maximum absolute atomic E-state index is 5.68. The van der Waals surface area contributed by atoms with E-state index in [-0.39, 0.29) is 5.41 Å². The molecule has 1 N–H and O–H groups in total. The van der Waals surface area contributed by atoms with Crippen LogP contribution in [0.15, 0.2) is 12.1 Å². The molecule has 0 aromatic heterocycles. The summed E-state index contributed by atoms with van der Waals surface area (Å²) in [7, 11) is 0. The highest BCUT2D eigenvalue weighted by Gasteiger charge is 2.22. The van der Waals surface area contributed by atoms with Crippen LogP contribution in [0.5, 0.6) is 0 Å². The Hall–Kier alpha value is -0.530. The minimum absolute atomic E-state index is 0.122. The van der Waals surface area contributed by atoms with Gasteiger partial charge >= 0.3 is 0 Å². The van der Waals surface area contributed by atoms with Crippen LogP contribution in [-0.2, 0) is 5.41 Å². The second-order valence-electron chi connectivity index (χ2n) is 5.12. The second kappa shape index (κ2) is 5.20. The Kier molecular flexibility index (Phi) is 4.40. The Balaban J connectivity index is 3.08. The summed E-state index contributed by atoms with van der Waals surface area (Å²) in [5.74, 6) is 0. The van der Waals surface area contributed by atoms with Crippen molar-refractivity contribution in [3.05, 3.63) is 34.4 Å². The van der Waals surface area contributed by atoms with Crippen molar-refractivity contribution in [3.8, 4) is 0 Å². The molecule has 1 rings (SSSR count). The lowest BCUT2D eigenvalue weighted by molar-refractivity contribution is 0.486. The Morgan fingerprint density at radius 3 is 2.31 bits per heavy atom. The van der Waals surface area contributed by atoms with E-state index in [0.717, 1.165) is 6.54 Å². The lowest BCUT2D eigenvalue weighted by atomic mass is 9.80. The number of rotatable bonds is 4. The third-order valence-corrected chi connectivity index (χ3v) is 3.64. The predicted octanol–water partition coefficient (Wildman–Crippen LogP) is 3.68. The lowest BCUT2D eigenvalue weighted by Crippen LogP contribution is -2.33. The fraction of sp³-hybridized carbons (Fsp3) is 0.571. The molecule has 90 valence electrons. The molecule has 0 radical (unpaired) electrons. The zero-order valence-corrected chi connectivity index (χ0v) is 11.7. The Bertz CT molecular complexity index is 369. The smallest absolute Gasteiger partial charge is 0.0713 e. The van der Waals surface area contributed by atoms with Crippen molar-refractivity contribution in [1.82, 2.24) is 5.32 Å². The van der Waals surface area contributed by atoms with Crippen molar-refractivity contribution in [2.45, 2.75) is 40.0 Å². The highest BCUT2D eigenvalue weighted by Crippen LogP contribution is 2.28. The first kappa shape index (κ1) is 13.5. The maximum Gasteiger partial charge on any atom is 0.0713 e. The number of benzene rings is 1. The molecular formula is C14H22ClN. The normalized spacial score (nSPS) is 11.9. The third kappa shape index (κ3) is 2.78. The van der Waals surface area contributed by atoms with Crippen molar-refractivity contribution in [3.63, 3.8) is 0 Å². The molecule has 1 aromatic rings. The van der Waals surface area contributed by atoms with Gasteiger partial charge in [0.05, 0.1) is 6.00 Å². The van der Waals surface area contributed by atoms with Crippen LogP contribution in [0.4, 0.5) is 0 Å².